The Labute approximate surface area is 149 Å². The normalized spacial score (nSPS) is 16.6. The Kier molecular flexibility index (Phi) is 4.04. The Balaban J connectivity index is 1.97. The van der Waals surface area contributed by atoms with Crippen LogP contribution in [0, 0.1) is 6.92 Å². The minimum atomic E-state index is 0.110. The second kappa shape index (κ2) is 6.23. The van der Waals surface area contributed by atoms with Crippen LogP contribution < -0.4 is 0 Å². The first-order chi connectivity index (χ1) is 12.1. The van der Waals surface area contributed by atoms with E-state index < -0.39 is 0 Å². The maximum Gasteiger partial charge on any atom is 0.120 e. The number of rotatable bonds is 2. The summed E-state index contributed by atoms with van der Waals surface area (Å²) >= 11 is 0. The van der Waals surface area contributed by atoms with Crippen LogP contribution >= 0.6 is 0 Å². The number of phenolic OH excluding ortho intramolecular Hbond substituents is 1. The second-order valence-electron chi connectivity index (χ2n) is 7.39. The molecule has 0 radical (unpaired) electrons. The van der Waals surface area contributed by atoms with Crippen LogP contribution in [0.2, 0.25) is 0 Å². The molecule has 0 spiro atoms. The number of benzene rings is 2. The smallest absolute Gasteiger partial charge is 0.120 e. The van der Waals surface area contributed by atoms with Crippen LogP contribution in [-0.4, -0.2) is 28.2 Å². The molecule has 0 saturated carbocycles. The van der Waals surface area contributed by atoms with Gasteiger partial charge in [-0.05, 0) is 64.0 Å². The van der Waals surface area contributed by atoms with Gasteiger partial charge >= 0.3 is 0 Å². The minimum absolute atomic E-state index is 0.110. The van der Waals surface area contributed by atoms with E-state index >= 15 is 0 Å². The molecule has 1 unspecified atom stereocenters. The molecule has 0 aliphatic carbocycles. The lowest BCUT2D eigenvalue weighted by Crippen LogP contribution is -2.17. The molecule has 4 rings (SSSR count). The lowest BCUT2D eigenvalue weighted by Gasteiger charge is -2.20. The standard InChI is InChI=1S/C22H26N2O/c1-15-10-11-21-18(13-15)19-14-23(3)12-6-8-20(19)24(21)16(2)17-7-4-5-9-22(17)25/h4-5,7,9-11,13,16,25H,6,8,12,14H2,1-3H3. The van der Waals surface area contributed by atoms with E-state index in [1.807, 2.05) is 18.2 Å². The highest BCUT2D eigenvalue weighted by atomic mass is 16.3. The highest BCUT2D eigenvalue weighted by molar-refractivity contribution is 5.86. The van der Waals surface area contributed by atoms with Gasteiger partial charge in [0.25, 0.3) is 0 Å². The molecule has 1 aliphatic rings. The zero-order valence-corrected chi connectivity index (χ0v) is 15.3. The first-order valence-corrected chi connectivity index (χ1v) is 9.15. The Morgan fingerprint density at radius 3 is 2.72 bits per heavy atom. The fraction of sp³-hybridized carbons (Fsp3) is 0.364. The molecule has 0 saturated heterocycles. The molecule has 0 amide bonds. The fourth-order valence-electron chi connectivity index (χ4n) is 4.28. The molecular weight excluding hydrogens is 308 g/mol. The number of para-hydroxylation sites is 1. The largest absolute Gasteiger partial charge is 0.508 e. The van der Waals surface area contributed by atoms with Crippen LogP contribution in [0.1, 0.15) is 41.8 Å². The van der Waals surface area contributed by atoms with Gasteiger partial charge < -0.3 is 14.6 Å². The van der Waals surface area contributed by atoms with E-state index in [-0.39, 0.29) is 6.04 Å². The molecule has 1 aliphatic heterocycles. The zero-order chi connectivity index (χ0) is 17.6. The number of aromatic nitrogens is 1. The molecule has 1 N–H and O–H groups in total. The third-order valence-corrected chi connectivity index (χ3v) is 5.53. The van der Waals surface area contributed by atoms with Gasteiger partial charge in [-0.3, -0.25) is 0 Å². The first-order valence-electron chi connectivity index (χ1n) is 9.15. The highest BCUT2D eigenvalue weighted by Gasteiger charge is 2.24. The van der Waals surface area contributed by atoms with Crippen LogP contribution in [-0.2, 0) is 13.0 Å². The summed E-state index contributed by atoms with van der Waals surface area (Å²) < 4.78 is 2.46. The second-order valence-corrected chi connectivity index (χ2v) is 7.39. The van der Waals surface area contributed by atoms with Crippen LogP contribution in [0.25, 0.3) is 10.9 Å². The predicted molar refractivity (Wildman–Crippen MR) is 103 cm³/mol. The van der Waals surface area contributed by atoms with Gasteiger partial charge in [-0.25, -0.2) is 0 Å². The molecule has 3 aromatic rings. The van der Waals surface area contributed by atoms with Crippen molar-refractivity contribution in [1.29, 1.82) is 0 Å². The molecule has 0 bridgehead atoms. The SMILES string of the molecule is Cc1ccc2c(c1)c1c(n2C(C)c2ccccc2O)CCCN(C)C1. The monoisotopic (exact) mass is 334 g/mol. The molecular formula is C22H26N2O. The highest BCUT2D eigenvalue weighted by Crippen LogP contribution is 2.37. The average Bonchev–Trinajstić information content (AvgIpc) is 2.74. The van der Waals surface area contributed by atoms with Crippen LogP contribution in [0.15, 0.2) is 42.5 Å². The van der Waals surface area contributed by atoms with Gasteiger partial charge in [-0.1, -0.05) is 29.8 Å². The van der Waals surface area contributed by atoms with Crippen molar-refractivity contribution in [2.45, 2.75) is 39.3 Å². The molecule has 2 aromatic carbocycles. The molecule has 3 nitrogen and oxygen atoms in total. The quantitative estimate of drug-likeness (QED) is 0.739. The van der Waals surface area contributed by atoms with Crippen molar-refractivity contribution >= 4 is 10.9 Å². The Morgan fingerprint density at radius 1 is 1.12 bits per heavy atom. The van der Waals surface area contributed by atoms with Crippen molar-refractivity contribution in [3.8, 4) is 5.75 Å². The van der Waals surface area contributed by atoms with Crippen molar-refractivity contribution in [2.75, 3.05) is 13.6 Å². The maximum atomic E-state index is 10.4. The van der Waals surface area contributed by atoms with Crippen molar-refractivity contribution < 1.29 is 5.11 Å². The van der Waals surface area contributed by atoms with E-state index in [1.54, 1.807) is 6.07 Å². The van der Waals surface area contributed by atoms with E-state index in [2.05, 4.69) is 48.6 Å². The summed E-state index contributed by atoms with van der Waals surface area (Å²) in [7, 11) is 2.21. The van der Waals surface area contributed by atoms with Crippen molar-refractivity contribution in [2.24, 2.45) is 0 Å². The zero-order valence-electron chi connectivity index (χ0n) is 15.3. The molecule has 25 heavy (non-hydrogen) atoms. The molecule has 2 heterocycles. The van der Waals surface area contributed by atoms with E-state index in [0.29, 0.717) is 5.75 Å². The van der Waals surface area contributed by atoms with Gasteiger partial charge in [-0.15, -0.1) is 0 Å². The fourth-order valence-corrected chi connectivity index (χ4v) is 4.28. The van der Waals surface area contributed by atoms with E-state index in [0.717, 1.165) is 25.1 Å². The number of aryl methyl sites for hydroxylation is 1. The van der Waals surface area contributed by atoms with Gasteiger partial charge in [-0.2, -0.15) is 0 Å². The Bertz CT molecular complexity index is 925. The van der Waals surface area contributed by atoms with Crippen LogP contribution in [0.5, 0.6) is 5.75 Å². The summed E-state index contributed by atoms with van der Waals surface area (Å²) in [5, 5.41) is 11.7. The lowest BCUT2D eigenvalue weighted by molar-refractivity contribution is 0.333. The summed E-state index contributed by atoms with van der Waals surface area (Å²) in [6.45, 7) is 6.49. The van der Waals surface area contributed by atoms with Crippen LogP contribution in [0.3, 0.4) is 0 Å². The maximum absolute atomic E-state index is 10.4. The average molecular weight is 334 g/mol. The number of aromatic hydroxyl groups is 1. The summed E-state index contributed by atoms with van der Waals surface area (Å²) in [6, 6.07) is 14.6. The molecule has 130 valence electrons. The third-order valence-electron chi connectivity index (χ3n) is 5.53. The van der Waals surface area contributed by atoms with Gasteiger partial charge in [0.05, 0.1) is 6.04 Å². The van der Waals surface area contributed by atoms with E-state index in [4.69, 9.17) is 0 Å². The number of phenols is 1. The van der Waals surface area contributed by atoms with Gasteiger partial charge in [0.1, 0.15) is 5.75 Å². The number of nitrogens with zero attached hydrogens (tertiary/aromatic N) is 2. The summed E-state index contributed by atoms with van der Waals surface area (Å²) in [4.78, 5) is 2.42. The van der Waals surface area contributed by atoms with Gasteiger partial charge in [0, 0.05) is 28.7 Å². The number of hydrogen-bond donors (Lipinski definition) is 1. The van der Waals surface area contributed by atoms with Gasteiger partial charge in [0.15, 0.2) is 0 Å². The van der Waals surface area contributed by atoms with E-state index in [9.17, 15) is 5.11 Å². The number of fused-ring (bicyclic) bond motifs is 3. The van der Waals surface area contributed by atoms with Crippen LogP contribution in [0.4, 0.5) is 0 Å². The first kappa shape index (κ1) is 16.2. The molecule has 0 fully saturated rings. The molecule has 3 heteroatoms. The summed E-state index contributed by atoms with van der Waals surface area (Å²) in [5.41, 5.74) is 6.46. The van der Waals surface area contributed by atoms with Crippen molar-refractivity contribution in [3.05, 3.63) is 64.8 Å². The van der Waals surface area contributed by atoms with Crippen molar-refractivity contribution in [3.63, 3.8) is 0 Å². The Morgan fingerprint density at radius 2 is 1.92 bits per heavy atom. The van der Waals surface area contributed by atoms with Gasteiger partial charge in [0.2, 0.25) is 0 Å². The summed E-state index contributed by atoms with van der Waals surface area (Å²) in [5.74, 6) is 0.378. The number of hydrogen-bond acceptors (Lipinski definition) is 2. The summed E-state index contributed by atoms with van der Waals surface area (Å²) in [6.07, 6.45) is 2.26. The van der Waals surface area contributed by atoms with E-state index in [1.165, 1.54) is 34.1 Å². The lowest BCUT2D eigenvalue weighted by atomic mass is 10.1. The third kappa shape index (κ3) is 2.73. The Hall–Kier alpha value is -2.26. The van der Waals surface area contributed by atoms with Crippen molar-refractivity contribution in [1.82, 2.24) is 9.47 Å². The molecule has 1 atom stereocenters. The molecule has 1 aromatic heterocycles. The topological polar surface area (TPSA) is 28.4 Å². The minimum Gasteiger partial charge on any atom is -0.508 e. The predicted octanol–water partition coefficient (Wildman–Crippen LogP) is 4.64.